The second-order valence-corrected chi connectivity index (χ2v) is 21.6. The van der Waals surface area contributed by atoms with Gasteiger partial charge in [0.15, 0.2) is 0 Å². The Morgan fingerprint density at radius 2 is 0.821 bits per heavy atom. The third-order valence-corrected chi connectivity index (χ3v) is 15.2. The van der Waals surface area contributed by atoms with Crippen LogP contribution in [-0.2, 0) is 13.1 Å². The molecule has 0 atom stereocenters. The fourth-order valence-corrected chi connectivity index (χ4v) is 10.9. The quantitative estimate of drug-likeness (QED) is 0.0502. The Kier molecular flexibility index (Phi) is 24.4. The highest BCUT2D eigenvalue weighted by Crippen LogP contribution is 2.31. The molecule has 78 heavy (non-hydrogen) atoms. The van der Waals surface area contributed by atoms with Crippen molar-refractivity contribution in [3.63, 3.8) is 0 Å². The van der Waals surface area contributed by atoms with Crippen LogP contribution in [0.5, 0.6) is 11.5 Å². The summed E-state index contributed by atoms with van der Waals surface area (Å²) in [4.78, 5) is 32.0. The van der Waals surface area contributed by atoms with E-state index in [4.69, 9.17) is 65.0 Å². The standard InChI is InChI=1S/C29H38ClN7O.C17H21Cl2N5O.C12H18N2.CH4/c1-38-26-14-13-24(19-25(26)30)33-29-35-27(31-22-11-7-2-3-8-12-22)34-28(36-29)32-23-15-17-37(18-16-23)20-21-9-5-4-6-10-21;1-25-14-9-8-12(10-13(14)18)21-17-23-15(19)22-16(24-17)20-11-6-4-2-3-5-7-11;13-12-6-8-14(9-7-12)10-11-4-2-1-3-5-11;/h4-6,9-10,13-14,19,22-23H,2-3,7-8,11-12,15-18,20H2,1H3,(H3,31,32,33,34,35,36);8-11H,2-7H2,1H3,(H2,20,21,22,23,24);1-5,12H,6-10,13H2;1H4. The normalized spacial score (nSPS) is 17.1. The highest BCUT2D eigenvalue weighted by atomic mass is 35.5. The van der Waals surface area contributed by atoms with Crippen LogP contribution in [0.25, 0.3) is 0 Å². The molecule has 4 heterocycles. The van der Waals surface area contributed by atoms with Crippen LogP contribution in [-0.4, -0.2) is 104 Å². The van der Waals surface area contributed by atoms with Gasteiger partial charge in [-0.3, -0.25) is 9.80 Å². The molecule has 16 nitrogen and oxygen atoms in total. The van der Waals surface area contributed by atoms with Gasteiger partial charge in [-0.2, -0.15) is 29.9 Å². The first-order chi connectivity index (χ1) is 37.6. The molecule has 19 heteroatoms. The van der Waals surface area contributed by atoms with Crippen LogP contribution in [0.3, 0.4) is 0 Å². The predicted molar refractivity (Wildman–Crippen MR) is 321 cm³/mol. The number of nitrogens with one attached hydrogen (secondary N) is 5. The Hall–Kier alpha value is -5.75. The molecule has 0 radical (unpaired) electrons. The van der Waals surface area contributed by atoms with Crippen molar-refractivity contribution in [1.82, 2.24) is 39.7 Å². The fourth-order valence-electron chi connectivity index (χ4n) is 10.2. The molecule has 2 aromatic heterocycles. The van der Waals surface area contributed by atoms with Crippen molar-refractivity contribution in [3.05, 3.63) is 124 Å². The van der Waals surface area contributed by atoms with Gasteiger partial charge >= 0.3 is 0 Å². The molecule has 420 valence electrons. The van der Waals surface area contributed by atoms with E-state index >= 15 is 0 Å². The molecule has 2 saturated heterocycles. The molecule has 10 rings (SSSR count). The zero-order valence-corrected chi connectivity index (χ0v) is 47.0. The number of hydrogen-bond acceptors (Lipinski definition) is 16. The van der Waals surface area contributed by atoms with E-state index < -0.39 is 0 Å². The first-order valence-corrected chi connectivity index (χ1v) is 28.7. The SMILES string of the molecule is C.COc1ccc(Nc2nc(Cl)nc(NC3CCCCCC3)n2)cc1Cl.COc1ccc(Nc2nc(NC3CCCCCC3)nc(NC3CCN(Cc4ccccc4)CC3)n2)cc1Cl.NC1CCN(Cc2ccccc2)CC1. The summed E-state index contributed by atoms with van der Waals surface area (Å²) in [6.45, 7) is 6.45. The molecule has 6 aromatic rings. The largest absolute Gasteiger partial charge is 0.495 e. The zero-order chi connectivity index (χ0) is 53.6. The van der Waals surface area contributed by atoms with Crippen LogP contribution in [0.2, 0.25) is 15.3 Å². The Bertz CT molecular complexity index is 2680. The summed E-state index contributed by atoms with van der Waals surface area (Å²) in [5, 5.41) is 18.2. The minimum absolute atomic E-state index is 0. The molecule has 4 aromatic carbocycles. The van der Waals surface area contributed by atoms with E-state index in [1.807, 2.05) is 24.3 Å². The maximum Gasteiger partial charge on any atom is 0.233 e. The van der Waals surface area contributed by atoms with E-state index in [2.05, 4.69) is 112 Å². The average molecular weight is 1120 g/mol. The topological polar surface area (TPSA) is 188 Å². The lowest BCUT2D eigenvalue weighted by molar-refractivity contribution is 0.205. The van der Waals surface area contributed by atoms with Crippen LogP contribution in [0.1, 0.15) is 121 Å². The molecular formula is C59H81Cl3N14O2. The average Bonchev–Trinajstić information content (AvgIpc) is 3.86. The van der Waals surface area contributed by atoms with Crippen LogP contribution < -0.4 is 41.8 Å². The lowest BCUT2D eigenvalue weighted by atomic mass is 10.0. The zero-order valence-electron chi connectivity index (χ0n) is 44.7. The van der Waals surface area contributed by atoms with Gasteiger partial charge in [0, 0.05) is 61.7 Å². The number of rotatable bonds is 16. The number of nitrogens with zero attached hydrogens (tertiary/aromatic N) is 8. The second-order valence-electron chi connectivity index (χ2n) is 20.5. The molecule has 2 aliphatic heterocycles. The summed E-state index contributed by atoms with van der Waals surface area (Å²) in [6.07, 6.45) is 19.0. The number of benzene rings is 4. The van der Waals surface area contributed by atoms with Crippen molar-refractivity contribution in [3.8, 4) is 11.5 Å². The van der Waals surface area contributed by atoms with Crippen molar-refractivity contribution in [2.24, 2.45) is 5.73 Å². The number of halogens is 3. The number of likely N-dealkylation sites (tertiary alicyclic amines) is 2. The molecule has 0 amide bonds. The molecule has 4 fully saturated rings. The van der Waals surface area contributed by atoms with Gasteiger partial charge in [-0.15, -0.1) is 0 Å². The number of anilines is 7. The summed E-state index contributed by atoms with van der Waals surface area (Å²) in [5.74, 6) is 3.80. The van der Waals surface area contributed by atoms with Gasteiger partial charge in [-0.25, -0.2) is 0 Å². The van der Waals surface area contributed by atoms with Gasteiger partial charge in [0.1, 0.15) is 11.5 Å². The highest BCUT2D eigenvalue weighted by Gasteiger charge is 2.22. The van der Waals surface area contributed by atoms with Crippen LogP contribution in [0.15, 0.2) is 97.1 Å². The number of methoxy groups -OCH3 is 2. The summed E-state index contributed by atoms with van der Waals surface area (Å²) in [6, 6.07) is 33.8. The van der Waals surface area contributed by atoms with Crippen molar-refractivity contribution in [1.29, 1.82) is 0 Å². The Morgan fingerprint density at radius 3 is 1.23 bits per heavy atom. The van der Waals surface area contributed by atoms with Crippen molar-refractivity contribution >= 4 is 75.9 Å². The summed E-state index contributed by atoms with van der Waals surface area (Å²) >= 11 is 18.6. The van der Waals surface area contributed by atoms with Crippen molar-refractivity contribution in [2.45, 2.75) is 147 Å². The number of nitrogens with two attached hydrogens (primary N) is 1. The molecule has 0 unspecified atom stereocenters. The smallest absolute Gasteiger partial charge is 0.233 e. The number of aromatic nitrogens is 6. The molecule has 7 N–H and O–H groups in total. The van der Waals surface area contributed by atoms with Gasteiger partial charge in [0.05, 0.1) is 24.3 Å². The third-order valence-electron chi connectivity index (χ3n) is 14.5. The van der Waals surface area contributed by atoms with E-state index in [9.17, 15) is 0 Å². The summed E-state index contributed by atoms with van der Waals surface area (Å²) < 4.78 is 10.4. The lowest BCUT2D eigenvalue weighted by Gasteiger charge is -2.32. The maximum absolute atomic E-state index is 6.35. The Labute approximate surface area is 477 Å². The van der Waals surface area contributed by atoms with E-state index in [1.54, 1.807) is 26.4 Å². The van der Waals surface area contributed by atoms with E-state index in [0.29, 0.717) is 75.5 Å². The minimum atomic E-state index is 0. The van der Waals surface area contributed by atoms with Crippen molar-refractivity contribution < 1.29 is 9.47 Å². The van der Waals surface area contributed by atoms with Crippen LogP contribution >= 0.6 is 34.8 Å². The van der Waals surface area contributed by atoms with Crippen LogP contribution in [0.4, 0.5) is 41.1 Å². The monoisotopic (exact) mass is 1120 g/mol. The predicted octanol–water partition coefficient (Wildman–Crippen LogP) is 13.8. The number of hydrogen-bond donors (Lipinski definition) is 6. The number of piperidine rings is 2. The fraction of sp³-hybridized carbons (Fsp3) is 0.492. The van der Waals surface area contributed by atoms with E-state index in [0.717, 1.165) is 102 Å². The Balaban J connectivity index is 0.000000188. The lowest BCUT2D eigenvalue weighted by Crippen LogP contribution is -2.39. The number of ether oxygens (including phenoxy) is 2. The first-order valence-electron chi connectivity index (χ1n) is 27.6. The van der Waals surface area contributed by atoms with E-state index in [-0.39, 0.29) is 12.7 Å². The summed E-state index contributed by atoms with van der Waals surface area (Å²) in [5.41, 5.74) is 10.2. The summed E-state index contributed by atoms with van der Waals surface area (Å²) in [7, 11) is 3.18. The molecular weight excluding hydrogens is 1040 g/mol. The Morgan fingerprint density at radius 1 is 0.462 bits per heavy atom. The first kappa shape index (κ1) is 59.9. The van der Waals surface area contributed by atoms with Gasteiger partial charge in [-0.1, -0.05) is 143 Å². The molecule has 2 saturated carbocycles. The van der Waals surface area contributed by atoms with Crippen LogP contribution in [0, 0.1) is 0 Å². The van der Waals surface area contributed by atoms with E-state index in [1.165, 1.54) is 62.5 Å². The third kappa shape index (κ3) is 19.9. The van der Waals surface area contributed by atoms with Gasteiger partial charge in [-0.05, 0) is 124 Å². The van der Waals surface area contributed by atoms with Gasteiger partial charge < -0.3 is 41.8 Å². The molecule has 0 spiro atoms. The van der Waals surface area contributed by atoms with Crippen molar-refractivity contribution in [2.75, 3.05) is 67.0 Å². The maximum atomic E-state index is 6.35. The highest BCUT2D eigenvalue weighted by molar-refractivity contribution is 6.32. The molecule has 0 bridgehead atoms. The van der Waals surface area contributed by atoms with Gasteiger partial charge in [0.25, 0.3) is 0 Å². The van der Waals surface area contributed by atoms with Gasteiger partial charge in [0.2, 0.25) is 35.0 Å². The molecule has 2 aliphatic carbocycles. The molecule has 4 aliphatic rings. The minimum Gasteiger partial charge on any atom is -0.495 e. The second kappa shape index (κ2) is 31.7.